The fourth-order valence-electron chi connectivity index (χ4n) is 1.12. The number of nitrogens with one attached hydrogen (secondary N) is 1. The molecule has 1 amide bonds. The van der Waals surface area contributed by atoms with Crippen LogP contribution in [0.1, 0.15) is 0 Å². The molecular formula is C10H12BrClN2O3S. The molecule has 0 aliphatic carbocycles. The summed E-state index contributed by atoms with van der Waals surface area (Å²) in [5.41, 5.74) is 0.564. The molecule has 1 aromatic rings. The first-order valence-corrected chi connectivity index (χ1v) is 8.01. The number of anilines is 1. The largest absolute Gasteiger partial charge is 0.325 e. The summed E-state index contributed by atoms with van der Waals surface area (Å²) in [6, 6.07) is 6.55. The van der Waals surface area contributed by atoms with E-state index >= 15 is 0 Å². The van der Waals surface area contributed by atoms with Crippen molar-refractivity contribution in [2.75, 3.05) is 23.6 Å². The van der Waals surface area contributed by atoms with Gasteiger partial charge < -0.3 is 5.32 Å². The molecule has 0 saturated carbocycles. The topological polar surface area (TPSA) is 66.5 Å². The molecule has 0 fully saturated rings. The van der Waals surface area contributed by atoms with E-state index in [4.69, 9.17) is 11.6 Å². The number of alkyl halides is 1. The van der Waals surface area contributed by atoms with Gasteiger partial charge in [0.25, 0.3) is 0 Å². The number of carbonyl (C=O) groups excluding carboxylic acids is 1. The quantitative estimate of drug-likeness (QED) is 0.820. The van der Waals surface area contributed by atoms with E-state index in [1.807, 2.05) is 0 Å². The van der Waals surface area contributed by atoms with Crippen LogP contribution in [0, 0.1) is 0 Å². The summed E-state index contributed by atoms with van der Waals surface area (Å²) in [5, 5.41) is 3.14. The molecule has 0 aliphatic heterocycles. The molecule has 0 spiro atoms. The molecule has 5 nitrogen and oxygen atoms in total. The van der Waals surface area contributed by atoms with E-state index in [0.717, 1.165) is 4.31 Å². The smallest absolute Gasteiger partial charge is 0.239 e. The molecule has 0 atom stereocenters. The van der Waals surface area contributed by atoms with Gasteiger partial charge in [-0.3, -0.25) is 4.79 Å². The van der Waals surface area contributed by atoms with Gasteiger partial charge in [-0.25, -0.2) is 8.42 Å². The van der Waals surface area contributed by atoms with Crippen LogP contribution in [-0.2, 0) is 14.8 Å². The van der Waals surface area contributed by atoms with Crippen LogP contribution in [0.4, 0.5) is 5.69 Å². The molecular weight excluding hydrogens is 344 g/mol. The van der Waals surface area contributed by atoms with Crippen LogP contribution in [0.25, 0.3) is 0 Å². The van der Waals surface area contributed by atoms with Gasteiger partial charge in [-0.05, 0) is 24.3 Å². The number of amides is 1. The lowest BCUT2D eigenvalue weighted by atomic mass is 10.3. The van der Waals surface area contributed by atoms with Crippen molar-refractivity contribution < 1.29 is 13.2 Å². The molecule has 1 aromatic carbocycles. The van der Waals surface area contributed by atoms with Crippen LogP contribution in [0.3, 0.4) is 0 Å². The standard InChI is InChI=1S/C10H12BrClN2O3S/c1-14(18(16,17)7-11)6-10(15)13-9-4-2-8(12)3-5-9/h2-5H,6-7H2,1H3,(H,13,15). The summed E-state index contributed by atoms with van der Waals surface area (Å²) < 4.78 is 23.6. The number of likely N-dealkylation sites (N-methyl/N-ethyl adjacent to an activating group) is 1. The second-order valence-corrected chi connectivity index (χ2v) is 7.35. The fraction of sp³-hybridized carbons (Fsp3) is 0.300. The first kappa shape index (κ1) is 15.4. The highest BCUT2D eigenvalue weighted by Crippen LogP contribution is 2.13. The third kappa shape index (κ3) is 4.56. The van der Waals surface area contributed by atoms with Crippen molar-refractivity contribution in [3.05, 3.63) is 29.3 Å². The third-order valence-corrected chi connectivity index (χ3v) is 5.45. The first-order valence-electron chi connectivity index (χ1n) is 4.90. The Balaban J connectivity index is 2.60. The molecule has 1 N–H and O–H groups in total. The average molecular weight is 356 g/mol. The van der Waals surface area contributed by atoms with Crippen LogP contribution in [0.15, 0.2) is 24.3 Å². The number of halogens is 2. The Morgan fingerprint density at radius 3 is 2.44 bits per heavy atom. The molecule has 0 unspecified atom stereocenters. The van der Waals surface area contributed by atoms with E-state index in [1.165, 1.54) is 7.05 Å². The highest BCUT2D eigenvalue weighted by Gasteiger charge is 2.18. The van der Waals surface area contributed by atoms with E-state index in [0.29, 0.717) is 10.7 Å². The monoisotopic (exact) mass is 354 g/mol. The molecule has 18 heavy (non-hydrogen) atoms. The molecule has 0 bridgehead atoms. The van der Waals surface area contributed by atoms with Crippen molar-refractivity contribution >= 4 is 49.1 Å². The van der Waals surface area contributed by atoms with Gasteiger partial charge in [0.2, 0.25) is 15.9 Å². The Bertz CT molecular complexity index is 518. The summed E-state index contributed by atoms with van der Waals surface area (Å²) in [7, 11) is -2.08. The molecule has 0 aromatic heterocycles. The fourth-order valence-corrected chi connectivity index (χ4v) is 2.77. The van der Waals surface area contributed by atoms with Gasteiger partial charge in [-0.1, -0.05) is 27.5 Å². The van der Waals surface area contributed by atoms with Crippen molar-refractivity contribution in [2.24, 2.45) is 0 Å². The molecule has 0 radical (unpaired) electrons. The van der Waals surface area contributed by atoms with Gasteiger partial charge in [0.05, 0.1) is 6.54 Å². The van der Waals surface area contributed by atoms with Gasteiger partial charge in [0.15, 0.2) is 0 Å². The summed E-state index contributed by atoms with van der Waals surface area (Å²) in [4.78, 5) is 11.6. The minimum Gasteiger partial charge on any atom is -0.325 e. The van der Waals surface area contributed by atoms with E-state index < -0.39 is 15.9 Å². The maximum Gasteiger partial charge on any atom is 0.239 e. The van der Waals surface area contributed by atoms with E-state index in [9.17, 15) is 13.2 Å². The van der Waals surface area contributed by atoms with E-state index in [-0.39, 0.29) is 11.2 Å². The van der Waals surface area contributed by atoms with Crippen molar-refractivity contribution in [1.29, 1.82) is 0 Å². The summed E-state index contributed by atoms with van der Waals surface area (Å²) >= 11 is 8.57. The Morgan fingerprint density at radius 1 is 1.39 bits per heavy atom. The number of carbonyl (C=O) groups is 1. The number of rotatable bonds is 5. The van der Waals surface area contributed by atoms with Gasteiger partial charge in [-0.2, -0.15) is 4.31 Å². The highest BCUT2D eigenvalue weighted by atomic mass is 79.9. The molecule has 8 heteroatoms. The Morgan fingerprint density at radius 2 is 1.94 bits per heavy atom. The third-order valence-electron chi connectivity index (χ3n) is 2.11. The van der Waals surface area contributed by atoms with Crippen LogP contribution < -0.4 is 5.32 Å². The molecule has 0 heterocycles. The zero-order valence-electron chi connectivity index (χ0n) is 9.56. The van der Waals surface area contributed by atoms with Gasteiger partial charge in [0.1, 0.15) is 4.66 Å². The maximum atomic E-state index is 11.6. The highest BCUT2D eigenvalue weighted by molar-refractivity contribution is 9.10. The van der Waals surface area contributed by atoms with Crippen LogP contribution in [0.5, 0.6) is 0 Å². The first-order chi connectivity index (χ1) is 8.35. The van der Waals surface area contributed by atoms with Gasteiger partial charge in [0, 0.05) is 17.8 Å². The van der Waals surface area contributed by atoms with Crippen molar-refractivity contribution in [3.63, 3.8) is 0 Å². The van der Waals surface area contributed by atoms with Gasteiger partial charge in [-0.15, -0.1) is 0 Å². The summed E-state index contributed by atoms with van der Waals surface area (Å²) in [5.74, 6) is -0.413. The van der Waals surface area contributed by atoms with Crippen molar-refractivity contribution in [1.82, 2.24) is 4.31 Å². The predicted molar refractivity (Wildman–Crippen MR) is 75.4 cm³/mol. The normalized spacial score (nSPS) is 11.6. The zero-order valence-corrected chi connectivity index (χ0v) is 12.7. The van der Waals surface area contributed by atoms with Crippen molar-refractivity contribution in [3.8, 4) is 0 Å². The van der Waals surface area contributed by atoms with E-state index in [2.05, 4.69) is 21.2 Å². The Kier molecular flexibility index (Phi) is 5.58. The maximum absolute atomic E-state index is 11.6. The lowest BCUT2D eigenvalue weighted by molar-refractivity contribution is -0.116. The number of hydrogen-bond donors (Lipinski definition) is 1. The average Bonchev–Trinajstić information content (AvgIpc) is 2.32. The second-order valence-electron chi connectivity index (χ2n) is 3.53. The van der Waals surface area contributed by atoms with Crippen LogP contribution in [0.2, 0.25) is 5.02 Å². The summed E-state index contributed by atoms with van der Waals surface area (Å²) in [6.07, 6.45) is 0. The minimum absolute atomic E-state index is 0.218. The number of hydrogen-bond acceptors (Lipinski definition) is 3. The van der Waals surface area contributed by atoms with Crippen molar-refractivity contribution in [2.45, 2.75) is 0 Å². The summed E-state index contributed by atoms with van der Waals surface area (Å²) in [6.45, 7) is -0.240. The predicted octanol–water partition coefficient (Wildman–Crippen LogP) is 1.89. The Labute approximate surface area is 119 Å². The number of nitrogens with zero attached hydrogens (tertiary/aromatic N) is 1. The molecule has 0 aliphatic rings. The lowest BCUT2D eigenvalue weighted by Crippen LogP contribution is -2.35. The Hall–Kier alpha value is -0.630. The van der Waals surface area contributed by atoms with Gasteiger partial charge >= 0.3 is 0 Å². The number of sulfonamides is 1. The second kappa shape index (κ2) is 6.51. The zero-order chi connectivity index (χ0) is 13.8. The molecule has 1 rings (SSSR count). The van der Waals surface area contributed by atoms with Crippen LogP contribution in [-0.4, -0.2) is 36.9 Å². The van der Waals surface area contributed by atoms with E-state index in [1.54, 1.807) is 24.3 Å². The van der Waals surface area contributed by atoms with Crippen LogP contribution >= 0.6 is 27.5 Å². The SMILES string of the molecule is CN(CC(=O)Nc1ccc(Cl)cc1)S(=O)(=O)CBr. The molecule has 0 saturated heterocycles. The minimum atomic E-state index is -3.42. The number of benzene rings is 1. The lowest BCUT2D eigenvalue weighted by Gasteiger charge is -2.15. The molecule has 100 valence electrons.